The van der Waals surface area contributed by atoms with Crippen LogP contribution in [0.5, 0.6) is 0 Å². The predicted molar refractivity (Wildman–Crippen MR) is 74.1 cm³/mol. The zero-order valence-corrected chi connectivity index (χ0v) is 11.4. The Hall–Kier alpha value is -1.06. The molecule has 1 amide bonds. The summed E-state index contributed by atoms with van der Waals surface area (Å²) in [5, 5.41) is 3.62. The zero-order chi connectivity index (χ0) is 13.0. The fraction of sp³-hybridized carbons (Fsp3) is 0.500. The number of carbonyl (C=O) groups excluding carboxylic acids is 1. The lowest BCUT2D eigenvalue weighted by Gasteiger charge is -2.23. The minimum absolute atomic E-state index is 0.0299. The van der Waals surface area contributed by atoms with E-state index in [9.17, 15) is 4.79 Å². The van der Waals surface area contributed by atoms with Gasteiger partial charge in [0.2, 0.25) is 0 Å². The molecule has 1 fully saturated rings. The lowest BCUT2D eigenvalue weighted by atomic mass is 10.2. The number of rotatable bonds is 4. The van der Waals surface area contributed by atoms with Gasteiger partial charge in [-0.25, -0.2) is 0 Å². The predicted octanol–water partition coefficient (Wildman–Crippen LogP) is 2.55. The highest BCUT2D eigenvalue weighted by atomic mass is 35.5. The number of likely N-dealkylation sites (tertiary alicyclic amines) is 1. The van der Waals surface area contributed by atoms with Crippen molar-refractivity contribution in [2.24, 2.45) is 0 Å². The van der Waals surface area contributed by atoms with E-state index in [1.165, 1.54) is 12.8 Å². The molecule has 1 atom stereocenters. The van der Waals surface area contributed by atoms with Gasteiger partial charge in [0.05, 0.1) is 0 Å². The molecule has 3 nitrogen and oxygen atoms in total. The van der Waals surface area contributed by atoms with Crippen molar-refractivity contribution in [3.05, 3.63) is 34.9 Å². The maximum absolute atomic E-state index is 11.9. The highest BCUT2D eigenvalue weighted by Crippen LogP contribution is 2.12. The Morgan fingerprint density at radius 3 is 2.56 bits per heavy atom. The largest absolute Gasteiger partial charge is 0.350 e. The summed E-state index contributed by atoms with van der Waals surface area (Å²) in [6, 6.07) is 7.38. The van der Waals surface area contributed by atoms with Crippen molar-refractivity contribution in [1.82, 2.24) is 10.2 Å². The van der Waals surface area contributed by atoms with Crippen molar-refractivity contribution in [2.75, 3.05) is 19.6 Å². The molecule has 0 aromatic heterocycles. The molecule has 1 aliphatic rings. The summed E-state index contributed by atoms with van der Waals surface area (Å²) in [5.41, 5.74) is 0.660. The summed E-state index contributed by atoms with van der Waals surface area (Å²) in [4.78, 5) is 14.3. The van der Waals surface area contributed by atoms with Crippen molar-refractivity contribution in [3.8, 4) is 0 Å². The van der Waals surface area contributed by atoms with E-state index in [0.717, 1.165) is 13.1 Å². The Morgan fingerprint density at radius 2 is 1.94 bits per heavy atom. The molecule has 0 aliphatic carbocycles. The molecule has 98 valence electrons. The Morgan fingerprint density at radius 1 is 1.33 bits per heavy atom. The first-order valence-corrected chi connectivity index (χ1v) is 6.82. The molecular weight excluding hydrogens is 248 g/mol. The van der Waals surface area contributed by atoms with E-state index in [1.807, 2.05) is 0 Å². The summed E-state index contributed by atoms with van der Waals surface area (Å²) >= 11 is 5.79. The normalized spacial score (nSPS) is 17.7. The Balaban J connectivity index is 1.82. The quantitative estimate of drug-likeness (QED) is 0.908. The topological polar surface area (TPSA) is 32.3 Å². The molecule has 1 aromatic carbocycles. The molecule has 2 rings (SSSR count). The van der Waals surface area contributed by atoms with Crippen LogP contribution in [0.25, 0.3) is 0 Å². The van der Waals surface area contributed by atoms with E-state index in [4.69, 9.17) is 11.6 Å². The van der Waals surface area contributed by atoms with Crippen LogP contribution in [0.2, 0.25) is 5.02 Å². The summed E-state index contributed by atoms with van der Waals surface area (Å²) in [5.74, 6) is -0.0299. The lowest BCUT2D eigenvalue weighted by Crippen LogP contribution is -2.40. The first-order valence-electron chi connectivity index (χ1n) is 6.44. The summed E-state index contributed by atoms with van der Waals surface area (Å²) < 4.78 is 0. The SMILES string of the molecule is CC(CNC(=O)c1ccc(Cl)cc1)N1CCCC1. The number of hydrogen-bond acceptors (Lipinski definition) is 2. The van der Waals surface area contributed by atoms with Crippen molar-refractivity contribution < 1.29 is 4.79 Å². The van der Waals surface area contributed by atoms with Crippen molar-refractivity contribution in [2.45, 2.75) is 25.8 Å². The van der Waals surface area contributed by atoms with E-state index >= 15 is 0 Å². The second kappa shape index (κ2) is 6.21. The summed E-state index contributed by atoms with van der Waals surface area (Å²) in [6.45, 7) is 5.16. The average molecular weight is 267 g/mol. The molecule has 1 heterocycles. The average Bonchev–Trinajstić information content (AvgIpc) is 2.90. The molecule has 0 saturated carbocycles. The molecule has 1 N–H and O–H groups in total. The monoisotopic (exact) mass is 266 g/mol. The smallest absolute Gasteiger partial charge is 0.251 e. The van der Waals surface area contributed by atoms with Crippen LogP contribution in [-0.2, 0) is 0 Å². The third-order valence-electron chi connectivity index (χ3n) is 3.43. The molecular formula is C14H19ClN2O. The standard InChI is InChI=1S/C14H19ClN2O/c1-11(17-8-2-3-9-17)10-16-14(18)12-4-6-13(15)7-5-12/h4-7,11H,2-3,8-10H2,1H3,(H,16,18). The van der Waals surface area contributed by atoms with E-state index in [0.29, 0.717) is 23.2 Å². The van der Waals surface area contributed by atoms with Crippen LogP contribution in [0.3, 0.4) is 0 Å². The van der Waals surface area contributed by atoms with Crippen molar-refractivity contribution in [3.63, 3.8) is 0 Å². The third kappa shape index (κ3) is 3.47. The number of carbonyl (C=O) groups is 1. The zero-order valence-electron chi connectivity index (χ0n) is 10.7. The van der Waals surface area contributed by atoms with E-state index in [-0.39, 0.29) is 5.91 Å². The van der Waals surface area contributed by atoms with Gasteiger partial charge in [-0.05, 0) is 57.1 Å². The Kier molecular flexibility index (Phi) is 4.61. The van der Waals surface area contributed by atoms with Crippen LogP contribution >= 0.6 is 11.6 Å². The first kappa shape index (κ1) is 13.4. The number of benzene rings is 1. The Labute approximate surface area is 113 Å². The fourth-order valence-corrected chi connectivity index (χ4v) is 2.38. The van der Waals surface area contributed by atoms with Crippen LogP contribution in [0.4, 0.5) is 0 Å². The van der Waals surface area contributed by atoms with Gasteiger partial charge in [-0.15, -0.1) is 0 Å². The minimum atomic E-state index is -0.0299. The lowest BCUT2D eigenvalue weighted by molar-refractivity contribution is 0.0940. The third-order valence-corrected chi connectivity index (χ3v) is 3.68. The Bertz CT molecular complexity index is 399. The van der Waals surface area contributed by atoms with Crippen LogP contribution in [0.1, 0.15) is 30.1 Å². The second-order valence-corrected chi connectivity index (χ2v) is 5.25. The maximum atomic E-state index is 11.9. The van der Waals surface area contributed by atoms with Gasteiger partial charge < -0.3 is 5.32 Å². The molecule has 1 unspecified atom stereocenters. The molecule has 0 bridgehead atoms. The first-order chi connectivity index (χ1) is 8.66. The van der Waals surface area contributed by atoms with Gasteiger partial charge in [0, 0.05) is 23.2 Å². The van der Waals surface area contributed by atoms with Crippen molar-refractivity contribution in [1.29, 1.82) is 0 Å². The van der Waals surface area contributed by atoms with Gasteiger partial charge in [-0.3, -0.25) is 9.69 Å². The molecule has 0 radical (unpaired) electrons. The van der Waals surface area contributed by atoms with Gasteiger partial charge in [0.1, 0.15) is 0 Å². The molecule has 4 heteroatoms. The van der Waals surface area contributed by atoms with Gasteiger partial charge in [0.15, 0.2) is 0 Å². The van der Waals surface area contributed by atoms with Gasteiger partial charge in [-0.2, -0.15) is 0 Å². The van der Waals surface area contributed by atoms with Crippen molar-refractivity contribution >= 4 is 17.5 Å². The molecule has 18 heavy (non-hydrogen) atoms. The van der Waals surface area contributed by atoms with Crippen LogP contribution < -0.4 is 5.32 Å². The fourth-order valence-electron chi connectivity index (χ4n) is 2.26. The van der Waals surface area contributed by atoms with Crippen LogP contribution in [-0.4, -0.2) is 36.5 Å². The number of nitrogens with zero attached hydrogens (tertiary/aromatic N) is 1. The van der Waals surface area contributed by atoms with Gasteiger partial charge >= 0.3 is 0 Å². The highest BCUT2D eigenvalue weighted by molar-refractivity contribution is 6.30. The van der Waals surface area contributed by atoms with E-state index in [2.05, 4.69) is 17.1 Å². The number of hydrogen-bond donors (Lipinski definition) is 1. The molecule has 1 saturated heterocycles. The van der Waals surface area contributed by atoms with E-state index in [1.54, 1.807) is 24.3 Å². The number of amides is 1. The van der Waals surface area contributed by atoms with Gasteiger partial charge in [0.25, 0.3) is 5.91 Å². The minimum Gasteiger partial charge on any atom is -0.350 e. The maximum Gasteiger partial charge on any atom is 0.251 e. The van der Waals surface area contributed by atoms with Crippen LogP contribution in [0, 0.1) is 0 Å². The summed E-state index contributed by atoms with van der Waals surface area (Å²) in [7, 11) is 0. The highest BCUT2D eigenvalue weighted by Gasteiger charge is 2.18. The van der Waals surface area contributed by atoms with Gasteiger partial charge in [-0.1, -0.05) is 11.6 Å². The molecule has 1 aromatic rings. The molecule has 0 spiro atoms. The second-order valence-electron chi connectivity index (χ2n) is 4.81. The number of nitrogens with one attached hydrogen (secondary N) is 1. The summed E-state index contributed by atoms with van der Waals surface area (Å²) in [6.07, 6.45) is 2.55. The van der Waals surface area contributed by atoms with E-state index < -0.39 is 0 Å². The molecule has 1 aliphatic heterocycles. The van der Waals surface area contributed by atoms with Crippen LogP contribution in [0.15, 0.2) is 24.3 Å². The number of halogens is 1.